The second-order valence-corrected chi connectivity index (χ2v) is 10.4. The number of likely N-dealkylation sites (tertiary alicyclic amines) is 2. The minimum absolute atomic E-state index is 0.00337. The summed E-state index contributed by atoms with van der Waals surface area (Å²) < 4.78 is 28.9. The average Bonchev–Trinajstić information content (AvgIpc) is 3.10. The zero-order valence-electron chi connectivity index (χ0n) is 18.9. The Morgan fingerprint density at radius 1 is 1.03 bits per heavy atom. The van der Waals surface area contributed by atoms with Gasteiger partial charge in [0, 0.05) is 50.7 Å². The number of benzene rings is 1. The zero-order chi connectivity index (χ0) is 22.9. The number of hydrogen-bond donors (Lipinski definition) is 0. The second-order valence-electron chi connectivity index (χ2n) is 8.78. The molecule has 3 heterocycles. The highest BCUT2D eigenvalue weighted by Gasteiger charge is 2.37. The van der Waals surface area contributed by atoms with Gasteiger partial charge in [0.2, 0.25) is 11.8 Å². The van der Waals surface area contributed by atoms with Crippen molar-refractivity contribution < 1.29 is 18.0 Å². The molecule has 32 heavy (non-hydrogen) atoms. The van der Waals surface area contributed by atoms with E-state index in [-0.39, 0.29) is 28.5 Å². The van der Waals surface area contributed by atoms with E-state index >= 15 is 0 Å². The molecule has 3 aliphatic heterocycles. The maximum Gasteiger partial charge on any atom is 0.285 e. The summed E-state index contributed by atoms with van der Waals surface area (Å²) in [6.45, 7) is 7.79. The van der Waals surface area contributed by atoms with Gasteiger partial charge in [-0.25, -0.2) is 0 Å². The van der Waals surface area contributed by atoms with E-state index in [2.05, 4.69) is 4.40 Å². The van der Waals surface area contributed by atoms with Crippen molar-refractivity contribution in [1.29, 1.82) is 0 Å². The van der Waals surface area contributed by atoms with Crippen molar-refractivity contribution in [3.8, 4) is 0 Å². The van der Waals surface area contributed by atoms with Gasteiger partial charge in [-0.15, -0.1) is 4.40 Å². The maximum atomic E-state index is 13.3. The molecule has 3 aliphatic rings. The van der Waals surface area contributed by atoms with Crippen molar-refractivity contribution in [2.45, 2.75) is 44.4 Å². The van der Waals surface area contributed by atoms with Crippen LogP contribution in [0.25, 0.3) is 0 Å². The number of carbonyl (C=O) groups is 2. The minimum atomic E-state index is -3.67. The quantitative estimate of drug-likeness (QED) is 0.685. The standard InChI is InChI=1S/C23H32N4O4S/c1-3-25(4-2)22(28)17-11-14-26(15-12-17)23(29)18-8-7-13-27(16-18)21-19-9-5-6-10-20(19)32(30,31)24-21/h5-6,9-10,17-18H,3-4,7-8,11-16H2,1-2H3. The molecular weight excluding hydrogens is 428 g/mol. The minimum Gasteiger partial charge on any atom is -0.355 e. The molecule has 0 aromatic heterocycles. The fraction of sp³-hybridized carbons (Fsp3) is 0.609. The molecule has 4 rings (SSSR count). The summed E-state index contributed by atoms with van der Waals surface area (Å²) in [6, 6.07) is 6.87. The summed E-state index contributed by atoms with van der Waals surface area (Å²) in [7, 11) is -3.67. The van der Waals surface area contributed by atoms with Gasteiger partial charge in [-0.3, -0.25) is 9.59 Å². The van der Waals surface area contributed by atoms with Crippen LogP contribution in [0.4, 0.5) is 0 Å². The van der Waals surface area contributed by atoms with Gasteiger partial charge < -0.3 is 14.7 Å². The normalized spacial score (nSPS) is 22.9. The first-order valence-corrected chi connectivity index (χ1v) is 13.1. The van der Waals surface area contributed by atoms with E-state index in [9.17, 15) is 18.0 Å². The number of hydrogen-bond acceptors (Lipinski definition) is 5. The van der Waals surface area contributed by atoms with E-state index in [0.29, 0.717) is 50.4 Å². The van der Waals surface area contributed by atoms with Crippen LogP contribution in [0.5, 0.6) is 0 Å². The van der Waals surface area contributed by atoms with Gasteiger partial charge in [-0.05, 0) is 51.7 Å². The topological polar surface area (TPSA) is 90.4 Å². The highest BCUT2D eigenvalue weighted by Crippen LogP contribution is 2.31. The third-order valence-electron chi connectivity index (χ3n) is 6.91. The average molecular weight is 461 g/mol. The predicted octanol–water partition coefficient (Wildman–Crippen LogP) is 1.95. The number of amides is 2. The third kappa shape index (κ3) is 4.27. The van der Waals surface area contributed by atoms with Crippen LogP contribution in [0.3, 0.4) is 0 Å². The van der Waals surface area contributed by atoms with Gasteiger partial charge in [-0.2, -0.15) is 8.42 Å². The molecule has 174 valence electrons. The summed E-state index contributed by atoms with van der Waals surface area (Å²) in [5.74, 6) is 0.582. The molecule has 8 nitrogen and oxygen atoms in total. The van der Waals surface area contributed by atoms with Gasteiger partial charge >= 0.3 is 0 Å². The van der Waals surface area contributed by atoms with Crippen molar-refractivity contribution in [2.24, 2.45) is 16.2 Å². The van der Waals surface area contributed by atoms with Gasteiger partial charge in [0.1, 0.15) is 4.90 Å². The third-order valence-corrected chi connectivity index (χ3v) is 8.24. The molecule has 1 aromatic carbocycles. The Labute approximate surface area is 190 Å². The monoisotopic (exact) mass is 460 g/mol. The number of fused-ring (bicyclic) bond motifs is 1. The van der Waals surface area contributed by atoms with E-state index in [1.807, 2.05) is 34.6 Å². The van der Waals surface area contributed by atoms with Crippen LogP contribution < -0.4 is 0 Å². The lowest BCUT2D eigenvalue weighted by Crippen LogP contribution is -2.50. The molecule has 0 radical (unpaired) electrons. The number of carbonyl (C=O) groups excluding carboxylic acids is 2. The lowest BCUT2D eigenvalue weighted by molar-refractivity contribution is -0.143. The molecule has 0 N–H and O–H groups in total. The Kier molecular flexibility index (Phi) is 6.55. The molecule has 0 aliphatic carbocycles. The highest BCUT2D eigenvalue weighted by atomic mass is 32.2. The maximum absolute atomic E-state index is 13.3. The Hall–Kier alpha value is -2.42. The van der Waals surface area contributed by atoms with E-state index < -0.39 is 10.0 Å². The van der Waals surface area contributed by atoms with Crippen molar-refractivity contribution in [1.82, 2.24) is 14.7 Å². The molecular formula is C23H32N4O4S. The van der Waals surface area contributed by atoms with Gasteiger partial charge in [0.15, 0.2) is 5.84 Å². The highest BCUT2D eigenvalue weighted by molar-refractivity contribution is 7.90. The van der Waals surface area contributed by atoms with Gasteiger partial charge in [0.25, 0.3) is 10.0 Å². The fourth-order valence-corrected chi connectivity index (χ4v) is 6.31. The molecule has 1 aromatic rings. The van der Waals surface area contributed by atoms with E-state index in [4.69, 9.17) is 0 Å². The van der Waals surface area contributed by atoms with E-state index in [1.54, 1.807) is 18.2 Å². The predicted molar refractivity (Wildman–Crippen MR) is 122 cm³/mol. The summed E-state index contributed by atoms with van der Waals surface area (Å²) in [5.41, 5.74) is 0.622. The van der Waals surface area contributed by atoms with Crippen LogP contribution >= 0.6 is 0 Å². The summed E-state index contributed by atoms with van der Waals surface area (Å²) in [5, 5.41) is 0. The SMILES string of the molecule is CCN(CC)C(=O)C1CCN(C(=O)C2CCCN(C3=NS(=O)(=O)c4ccccc43)C2)CC1. The lowest BCUT2D eigenvalue weighted by atomic mass is 9.91. The Morgan fingerprint density at radius 2 is 1.72 bits per heavy atom. The van der Waals surface area contributed by atoms with E-state index in [0.717, 1.165) is 25.9 Å². The summed E-state index contributed by atoms with van der Waals surface area (Å²) in [6.07, 6.45) is 3.01. The fourth-order valence-electron chi connectivity index (χ4n) is 5.09. The number of rotatable bonds is 4. The molecule has 0 spiro atoms. The van der Waals surface area contributed by atoms with Gasteiger partial charge in [-0.1, -0.05) is 12.1 Å². The zero-order valence-corrected chi connectivity index (χ0v) is 19.7. The van der Waals surface area contributed by atoms with Gasteiger partial charge in [0.05, 0.1) is 5.92 Å². The lowest BCUT2D eigenvalue weighted by Gasteiger charge is -2.38. The van der Waals surface area contributed by atoms with Crippen LogP contribution in [-0.2, 0) is 19.6 Å². The van der Waals surface area contributed by atoms with Crippen molar-refractivity contribution >= 4 is 27.7 Å². The molecule has 2 fully saturated rings. The van der Waals surface area contributed by atoms with Crippen LogP contribution in [0.1, 0.15) is 45.1 Å². The second kappa shape index (κ2) is 9.21. The molecule has 2 amide bonds. The smallest absolute Gasteiger partial charge is 0.285 e. The summed E-state index contributed by atoms with van der Waals surface area (Å²) in [4.78, 5) is 31.8. The van der Waals surface area contributed by atoms with E-state index in [1.165, 1.54) is 0 Å². The van der Waals surface area contributed by atoms with Crippen LogP contribution in [0, 0.1) is 11.8 Å². The number of sulfonamides is 1. The van der Waals surface area contributed by atoms with Crippen LogP contribution in [-0.4, -0.2) is 80.0 Å². The first-order chi connectivity index (χ1) is 15.4. The van der Waals surface area contributed by atoms with Crippen LogP contribution in [0.15, 0.2) is 33.6 Å². The molecule has 2 saturated heterocycles. The molecule has 9 heteroatoms. The molecule has 0 bridgehead atoms. The number of piperidine rings is 2. The Balaban J connectivity index is 1.40. The molecule has 0 saturated carbocycles. The number of nitrogens with zero attached hydrogens (tertiary/aromatic N) is 4. The molecule has 1 unspecified atom stereocenters. The first kappa shape index (κ1) is 22.8. The van der Waals surface area contributed by atoms with Crippen molar-refractivity contribution in [3.05, 3.63) is 29.8 Å². The van der Waals surface area contributed by atoms with Crippen molar-refractivity contribution in [2.75, 3.05) is 39.3 Å². The molecule has 1 atom stereocenters. The van der Waals surface area contributed by atoms with Crippen molar-refractivity contribution in [3.63, 3.8) is 0 Å². The van der Waals surface area contributed by atoms with Crippen LogP contribution in [0.2, 0.25) is 0 Å². The Morgan fingerprint density at radius 3 is 2.41 bits per heavy atom. The first-order valence-electron chi connectivity index (χ1n) is 11.6. The number of amidine groups is 1. The Bertz CT molecular complexity index is 1010. The summed E-state index contributed by atoms with van der Waals surface area (Å²) >= 11 is 0. The largest absolute Gasteiger partial charge is 0.355 e.